The van der Waals surface area contributed by atoms with E-state index in [4.69, 9.17) is 5.73 Å². The number of hydrogen-bond acceptors (Lipinski definition) is 4. The molecule has 106 valence electrons. The van der Waals surface area contributed by atoms with Gasteiger partial charge in [0.2, 0.25) is 0 Å². The highest BCUT2D eigenvalue weighted by molar-refractivity contribution is 9.10. The largest absolute Gasteiger partial charge is 0.397 e. The van der Waals surface area contributed by atoms with Crippen molar-refractivity contribution in [2.75, 3.05) is 11.1 Å². The number of fused-ring (bicyclic) bond motifs is 1. The van der Waals surface area contributed by atoms with E-state index in [1.165, 1.54) is 6.20 Å². The predicted molar refractivity (Wildman–Crippen MR) is 83.2 cm³/mol. The summed E-state index contributed by atoms with van der Waals surface area (Å²) in [6.07, 6.45) is 1.49. The second-order valence-electron chi connectivity index (χ2n) is 4.35. The van der Waals surface area contributed by atoms with Gasteiger partial charge < -0.3 is 21.0 Å². The molecule has 1 amide bonds. The monoisotopic (exact) mass is 347 g/mol. The molecule has 0 radical (unpaired) electrons. The molecule has 1 aromatic carbocycles. The lowest BCUT2D eigenvalue weighted by Crippen LogP contribution is -2.16. The van der Waals surface area contributed by atoms with Crippen LogP contribution in [0.5, 0.6) is 0 Å². The van der Waals surface area contributed by atoms with Gasteiger partial charge in [-0.3, -0.25) is 4.79 Å². The number of nitrogens with one attached hydrogen (secondary N) is 3. The fourth-order valence-electron chi connectivity index (χ4n) is 1.94. The molecule has 8 heteroatoms. The van der Waals surface area contributed by atoms with Crippen LogP contribution in [0.1, 0.15) is 10.5 Å². The van der Waals surface area contributed by atoms with Crippen molar-refractivity contribution >= 4 is 44.2 Å². The molecule has 3 aromatic rings. The van der Waals surface area contributed by atoms with Crippen molar-refractivity contribution in [1.82, 2.24) is 15.0 Å². The summed E-state index contributed by atoms with van der Waals surface area (Å²) in [5, 5.41) is 2.70. The van der Waals surface area contributed by atoms with E-state index in [1.54, 1.807) is 24.3 Å². The quantitative estimate of drug-likeness (QED) is 0.565. The number of aromatic nitrogens is 3. The maximum Gasteiger partial charge on any atom is 0.323 e. The standard InChI is InChI=1S/C13H10BrN5O2/c14-6-4-9-10(19-13(21)18-9)5-8(6)17-12(20)11-7(15)2-1-3-16-11/h1-5H,15H2,(H,17,20)(H2,18,19,21). The Labute approximate surface area is 126 Å². The fourth-order valence-corrected chi connectivity index (χ4v) is 2.38. The van der Waals surface area contributed by atoms with Gasteiger partial charge in [-0.05, 0) is 40.2 Å². The van der Waals surface area contributed by atoms with E-state index in [0.717, 1.165) is 0 Å². The van der Waals surface area contributed by atoms with Gasteiger partial charge in [0.15, 0.2) is 5.69 Å². The van der Waals surface area contributed by atoms with Crippen LogP contribution in [0.4, 0.5) is 11.4 Å². The molecule has 7 nitrogen and oxygen atoms in total. The first-order valence-corrected chi connectivity index (χ1v) is 6.77. The minimum absolute atomic E-state index is 0.145. The molecule has 2 aromatic heterocycles. The molecular formula is C13H10BrN5O2. The maximum atomic E-state index is 12.2. The summed E-state index contributed by atoms with van der Waals surface area (Å²) >= 11 is 3.34. The van der Waals surface area contributed by atoms with Gasteiger partial charge in [0, 0.05) is 10.7 Å². The first-order chi connectivity index (χ1) is 10.0. The molecule has 0 atom stereocenters. The van der Waals surface area contributed by atoms with Crippen LogP contribution in [-0.4, -0.2) is 20.9 Å². The number of nitrogens with zero attached hydrogens (tertiary/aromatic N) is 1. The lowest BCUT2D eigenvalue weighted by molar-refractivity contribution is 0.102. The summed E-state index contributed by atoms with van der Waals surface area (Å²) in [5.74, 6) is -0.425. The number of nitrogen functional groups attached to an aromatic ring is 1. The smallest absolute Gasteiger partial charge is 0.323 e. The van der Waals surface area contributed by atoms with Crippen LogP contribution in [0.3, 0.4) is 0 Å². The summed E-state index contributed by atoms with van der Waals surface area (Å²) in [7, 11) is 0. The number of carbonyl (C=O) groups excluding carboxylic acids is 1. The van der Waals surface area contributed by atoms with E-state index < -0.39 is 5.91 Å². The van der Waals surface area contributed by atoms with E-state index >= 15 is 0 Å². The number of imidazole rings is 1. The molecule has 0 aliphatic heterocycles. The second-order valence-corrected chi connectivity index (χ2v) is 5.21. The third-order valence-electron chi connectivity index (χ3n) is 2.91. The normalized spacial score (nSPS) is 10.7. The number of aromatic amines is 2. The highest BCUT2D eigenvalue weighted by Gasteiger charge is 2.13. The van der Waals surface area contributed by atoms with Crippen LogP contribution < -0.4 is 16.7 Å². The van der Waals surface area contributed by atoms with Gasteiger partial charge in [0.05, 0.1) is 22.4 Å². The van der Waals surface area contributed by atoms with E-state index in [9.17, 15) is 9.59 Å². The van der Waals surface area contributed by atoms with Crippen LogP contribution in [0.15, 0.2) is 39.7 Å². The number of rotatable bonds is 2. The summed E-state index contributed by atoms with van der Waals surface area (Å²) in [6.45, 7) is 0. The minimum atomic E-state index is -0.425. The number of H-pyrrole nitrogens is 2. The van der Waals surface area contributed by atoms with Crippen molar-refractivity contribution in [2.45, 2.75) is 0 Å². The molecule has 0 spiro atoms. The SMILES string of the molecule is Nc1cccnc1C(=O)Nc1cc2[nH]c(=O)[nH]c2cc1Br. The molecule has 3 rings (SSSR count). The van der Waals surface area contributed by atoms with Crippen molar-refractivity contribution < 1.29 is 4.79 Å². The van der Waals surface area contributed by atoms with E-state index in [0.29, 0.717) is 26.9 Å². The highest BCUT2D eigenvalue weighted by Crippen LogP contribution is 2.27. The number of amides is 1. The molecule has 0 aliphatic rings. The number of hydrogen-bond donors (Lipinski definition) is 4. The Morgan fingerprint density at radius 2 is 2.00 bits per heavy atom. The number of pyridine rings is 1. The molecule has 0 aliphatic carbocycles. The predicted octanol–water partition coefficient (Wildman–Crippen LogP) is 1.85. The average molecular weight is 348 g/mol. The topological polar surface area (TPSA) is 117 Å². The Bertz CT molecular complexity index is 899. The van der Waals surface area contributed by atoms with Crippen LogP contribution >= 0.6 is 15.9 Å². The first kappa shape index (κ1) is 13.4. The van der Waals surface area contributed by atoms with Gasteiger partial charge in [-0.1, -0.05) is 0 Å². The summed E-state index contributed by atoms with van der Waals surface area (Å²) in [6, 6.07) is 6.60. The number of benzene rings is 1. The number of anilines is 2. The molecule has 0 bridgehead atoms. The maximum absolute atomic E-state index is 12.2. The molecule has 0 fully saturated rings. The average Bonchev–Trinajstić information content (AvgIpc) is 2.78. The van der Waals surface area contributed by atoms with Crippen LogP contribution in [0, 0.1) is 0 Å². The second kappa shape index (κ2) is 5.06. The van der Waals surface area contributed by atoms with E-state index in [2.05, 4.69) is 36.2 Å². The molecule has 0 unspecified atom stereocenters. The molecule has 2 heterocycles. The number of carbonyl (C=O) groups is 1. The number of nitrogens with two attached hydrogens (primary N) is 1. The van der Waals surface area contributed by atoms with Gasteiger partial charge in [-0.15, -0.1) is 0 Å². The van der Waals surface area contributed by atoms with Crippen molar-refractivity contribution in [3.8, 4) is 0 Å². The van der Waals surface area contributed by atoms with Crippen molar-refractivity contribution in [2.24, 2.45) is 0 Å². The van der Waals surface area contributed by atoms with Crippen molar-refractivity contribution in [3.63, 3.8) is 0 Å². The third-order valence-corrected chi connectivity index (χ3v) is 3.56. The van der Waals surface area contributed by atoms with E-state index in [1.807, 2.05) is 0 Å². The molecule has 0 saturated carbocycles. The minimum Gasteiger partial charge on any atom is -0.397 e. The van der Waals surface area contributed by atoms with Crippen LogP contribution in [-0.2, 0) is 0 Å². The zero-order valence-corrected chi connectivity index (χ0v) is 12.2. The Morgan fingerprint density at radius 3 is 2.71 bits per heavy atom. The lowest BCUT2D eigenvalue weighted by atomic mass is 10.2. The summed E-state index contributed by atoms with van der Waals surface area (Å²) < 4.78 is 0.633. The summed E-state index contributed by atoms with van der Waals surface area (Å²) in [5.41, 5.74) is 7.59. The molecular weight excluding hydrogens is 338 g/mol. The van der Waals surface area contributed by atoms with Gasteiger partial charge in [0.25, 0.3) is 5.91 Å². The van der Waals surface area contributed by atoms with Crippen LogP contribution in [0.25, 0.3) is 11.0 Å². The Morgan fingerprint density at radius 1 is 1.29 bits per heavy atom. The zero-order valence-electron chi connectivity index (χ0n) is 10.6. The first-order valence-electron chi connectivity index (χ1n) is 5.98. The lowest BCUT2D eigenvalue weighted by Gasteiger charge is -2.08. The van der Waals surface area contributed by atoms with Gasteiger partial charge in [-0.25, -0.2) is 9.78 Å². The Balaban J connectivity index is 1.98. The van der Waals surface area contributed by atoms with Crippen molar-refractivity contribution in [1.29, 1.82) is 0 Å². The molecule has 21 heavy (non-hydrogen) atoms. The Hall–Kier alpha value is -2.61. The Kier molecular flexibility index (Phi) is 3.22. The third kappa shape index (κ3) is 2.52. The fraction of sp³-hybridized carbons (Fsp3) is 0. The van der Waals surface area contributed by atoms with Gasteiger partial charge in [-0.2, -0.15) is 0 Å². The molecule has 5 N–H and O–H groups in total. The van der Waals surface area contributed by atoms with E-state index in [-0.39, 0.29) is 11.4 Å². The zero-order chi connectivity index (χ0) is 15.0. The molecule has 0 saturated heterocycles. The van der Waals surface area contributed by atoms with Crippen LogP contribution in [0.2, 0.25) is 0 Å². The van der Waals surface area contributed by atoms with Crippen molar-refractivity contribution in [3.05, 3.63) is 51.1 Å². The number of halogens is 1. The summed E-state index contributed by atoms with van der Waals surface area (Å²) in [4.78, 5) is 32.6. The van der Waals surface area contributed by atoms with Gasteiger partial charge in [0.1, 0.15) is 0 Å². The van der Waals surface area contributed by atoms with Gasteiger partial charge >= 0.3 is 5.69 Å². The highest BCUT2D eigenvalue weighted by atomic mass is 79.9.